The van der Waals surface area contributed by atoms with Crippen LogP contribution in [0.15, 0.2) is 83.0 Å². The molecule has 1 amide bonds. The van der Waals surface area contributed by atoms with Gasteiger partial charge in [-0.1, -0.05) is 53.5 Å². The number of carbonyl (C=O) groups is 1. The zero-order valence-corrected chi connectivity index (χ0v) is 17.7. The number of aromatic hydroxyl groups is 1. The van der Waals surface area contributed by atoms with Crippen LogP contribution < -0.4 is 4.74 Å². The molecule has 1 N–H and O–H groups in total. The van der Waals surface area contributed by atoms with E-state index in [9.17, 15) is 9.90 Å². The van der Waals surface area contributed by atoms with Crippen LogP contribution in [0.5, 0.6) is 11.6 Å². The predicted octanol–water partition coefficient (Wildman–Crippen LogP) is 6.66. The molecule has 0 atom stereocenters. The number of hydrogen-bond donors (Lipinski definition) is 1. The van der Waals surface area contributed by atoms with E-state index < -0.39 is 5.91 Å². The van der Waals surface area contributed by atoms with E-state index in [-0.39, 0.29) is 22.2 Å². The van der Waals surface area contributed by atoms with Crippen molar-refractivity contribution in [3.8, 4) is 11.6 Å². The lowest BCUT2D eigenvalue weighted by atomic mass is 10.2. The number of halogens is 2. The van der Waals surface area contributed by atoms with Gasteiger partial charge in [-0.3, -0.25) is 4.79 Å². The van der Waals surface area contributed by atoms with Crippen molar-refractivity contribution in [3.63, 3.8) is 0 Å². The van der Waals surface area contributed by atoms with Crippen LogP contribution in [-0.4, -0.2) is 22.2 Å². The Morgan fingerprint density at radius 2 is 1.68 bits per heavy atom. The number of hydrogen-bond acceptors (Lipinski definition) is 4. The number of benzene rings is 3. The van der Waals surface area contributed by atoms with Crippen LogP contribution in [0.3, 0.4) is 0 Å². The zero-order chi connectivity index (χ0) is 21.8. The smallest absolute Gasteiger partial charge is 0.296 e. The fraction of sp³-hybridized carbons (Fsp3) is 0.0870. The van der Waals surface area contributed by atoms with E-state index in [1.165, 1.54) is 0 Å². The van der Waals surface area contributed by atoms with Gasteiger partial charge in [0.1, 0.15) is 12.4 Å². The SMILES string of the molecule is O=C(N=Nc1c(O)n(CCOc2ccc(Cl)cc2)c2ccccc12)c1ccccc1Cl. The molecule has 8 heteroatoms. The highest BCUT2D eigenvalue weighted by atomic mass is 35.5. The number of amides is 1. The molecule has 0 saturated carbocycles. The first kappa shape index (κ1) is 20.9. The Bertz CT molecular complexity index is 1270. The second kappa shape index (κ2) is 9.20. The van der Waals surface area contributed by atoms with Crippen molar-refractivity contribution in [3.05, 3.63) is 88.4 Å². The van der Waals surface area contributed by atoms with E-state index in [0.717, 1.165) is 5.52 Å². The molecule has 31 heavy (non-hydrogen) atoms. The lowest BCUT2D eigenvalue weighted by molar-refractivity contribution is 0.0995. The van der Waals surface area contributed by atoms with Gasteiger partial charge in [0.15, 0.2) is 5.69 Å². The first-order valence-corrected chi connectivity index (χ1v) is 10.2. The highest BCUT2D eigenvalue weighted by molar-refractivity contribution is 6.33. The van der Waals surface area contributed by atoms with Crippen LogP contribution in [0.25, 0.3) is 10.9 Å². The molecule has 3 aromatic carbocycles. The number of ether oxygens (including phenoxy) is 1. The van der Waals surface area contributed by atoms with Crippen molar-refractivity contribution in [2.45, 2.75) is 6.54 Å². The number of carbonyl (C=O) groups excluding carboxylic acids is 1. The molecule has 1 heterocycles. The third kappa shape index (κ3) is 4.55. The van der Waals surface area contributed by atoms with Gasteiger partial charge in [0.25, 0.3) is 5.91 Å². The summed E-state index contributed by atoms with van der Waals surface area (Å²) in [6.45, 7) is 0.673. The summed E-state index contributed by atoms with van der Waals surface area (Å²) < 4.78 is 7.40. The molecule has 0 aliphatic heterocycles. The van der Waals surface area contributed by atoms with Crippen LogP contribution in [0.4, 0.5) is 5.69 Å². The van der Waals surface area contributed by atoms with Crippen LogP contribution in [0, 0.1) is 0 Å². The van der Waals surface area contributed by atoms with E-state index in [2.05, 4.69) is 10.2 Å². The van der Waals surface area contributed by atoms with Gasteiger partial charge in [-0.25, -0.2) is 0 Å². The monoisotopic (exact) mass is 453 g/mol. The highest BCUT2D eigenvalue weighted by Crippen LogP contribution is 2.39. The average Bonchev–Trinajstić information content (AvgIpc) is 3.05. The Balaban J connectivity index is 1.58. The van der Waals surface area contributed by atoms with Crippen molar-refractivity contribution >= 4 is 45.7 Å². The summed E-state index contributed by atoms with van der Waals surface area (Å²) in [5.74, 6) is -0.0184. The Morgan fingerprint density at radius 1 is 0.968 bits per heavy atom. The van der Waals surface area contributed by atoms with Crippen LogP contribution >= 0.6 is 23.2 Å². The van der Waals surface area contributed by atoms with E-state index in [0.29, 0.717) is 29.3 Å². The average molecular weight is 454 g/mol. The summed E-state index contributed by atoms with van der Waals surface area (Å²) in [6.07, 6.45) is 0. The third-order valence-corrected chi connectivity index (χ3v) is 5.24. The summed E-state index contributed by atoms with van der Waals surface area (Å²) in [5, 5.41) is 20.2. The second-order valence-corrected chi connectivity index (χ2v) is 7.47. The Morgan fingerprint density at radius 3 is 2.45 bits per heavy atom. The predicted molar refractivity (Wildman–Crippen MR) is 121 cm³/mol. The summed E-state index contributed by atoms with van der Waals surface area (Å²) in [4.78, 5) is 12.4. The molecule has 156 valence electrons. The molecule has 6 nitrogen and oxygen atoms in total. The van der Waals surface area contributed by atoms with Crippen molar-refractivity contribution in [2.24, 2.45) is 10.2 Å². The minimum absolute atomic E-state index is 0.100. The zero-order valence-electron chi connectivity index (χ0n) is 16.2. The van der Waals surface area contributed by atoms with E-state index in [4.69, 9.17) is 27.9 Å². The Hall–Kier alpha value is -3.35. The molecular formula is C23H17Cl2N3O3. The number of fused-ring (bicyclic) bond motifs is 1. The highest BCUT2D eigenvalue weighted by Gasteiger charge is 2.17. The minimum Gasteiger partial charge on any atom is -0.493 e. The summed E-state index contributed by atoms with van der Waals surface area (Å²) >= 11 is 11.9. The molecule has 0 bridgehead atoms. The maximum atomic E-state index is 12.4. The first-order valence-electron chi connectivity index (χ1n) is 9.44. The molecule has 4 aromatic rings. The van der Waals surface area contributed by atoms with Gasteiger partial charge in [-0.2, -0.15) is 0 Å². The van der Waals surface area contributed by atoms with E-state index >= 15 is 0 Å². The van der Waals surface area contributed by atoms with E-state index in [1.807, 2.05) is 18.2 Å². The minimum atomic E-state index is -0.590. The number of azo groups is 1. The third-order valence-electron chi connectivity index (χ3n) is 4.66. The molecular weight excluding hydrogens is 437 g/mol. The normalized spacial score (nSPS) is 11.3. The van der Waals surface area contributed by atoms with Crippen molar-refractivity contribution in [1.82, 2.24) is 4.57 Å². The van der Waals surface area contributed by atoms with Gasteiger partial charge in [0.05, 0.1) is 22.6 Å². The molecule has 4 rings (SSSR count). The van der Waals surface area contributed by atoms with Gasteiger partial charge in [0, 0.05) is 10.4 Å². The number of aromatic nitrogens is 1. The Kier molecular flexibility index (Phi) is 6.21. The Labute approximate surface area is 188 Å². The fourth-order valence-corrected chi connectivity index (χ4v) is 3.51. The standard InChI is InChI=1S/C23H17Cl2N3O3/c24-15-9-11-16(12-10-15)31-14-13-28-20-8-4-2-6-18(20)21(23(28)30)26-27-22(29)17-5-1-3-7-19(17)25/h1-12,30H,13-14H2. The van der Waals surface area contributed by atoms with Gasteiger partial charge in [0.2, 0.25) is 5.88 Å². The van der Waals surface area contributed by atoms with Gasteiger partial charge in [-0.05, 0) is 42.5 Å². The van der Waals surface area contributed by atoms with Crippen LogP contribution in [-0.2, 0) is 6.54 Å². The van der Waals surface area contributed by atoms with Crippen molar-refractivity contribution in [1.29, 1.82) is 0 Å². The van der Waals surface area contributed by atoms with Crippen LogP contribution in [0.2, 0.25) is 10.0 Å². The summed E-state index contributed by atoms with van der Waals surface area (Å²) in [6, 6.07) is 21.0. The molecule has 1 aromatic heterocycles. The quantitative estimate of drug-likeness (QED) is 0.331. The maximum absolute atomic E-state index is 12.4. The fourth-order valence-electron chi connectivity index (χ4n) is 3.17. The number of rotatable bonds is 6. The molecule has 0 fully saturated rings. The largest absolute Gasteiger partial charge is 0.493 e. The molecule has 0 spiro atoms. The topological polar surface area (TPSA) is 76.2 Å². The van der Waals surface area contributed by atoms with Crippen molar-refractivity contribution in [2.75, 3.05) is 6.61 Å². The molecule has 0 aliphatic carbocycles. The number of nitrogens with zero attached hydrogens (tertiary/aromatic N) is 3. The number of para-hydroxylation sites is 1. The lowest BCUT2D eigenvalue weighted by Crippen LogP contribution is -2.07. The molecule has 0 saturated heterocycles. The second-order valence-electron chi connectivity index (χ2n) is 6.63. The van der Waals surface area contributed by atoms with Gasteiger partial charge >= 0.3 is 0 Å². The van der Waals surface area contributed by atoms with Crippen molar-refractivity contribution < 1.29 is 14.6 Å². The van der Waals surface area contributed by atoms with E-state index in [1.54, 1.807) is 59.2 Å². The first-order chi connectivity index (χ1) is 15.0. The summed E-state index contributed by atoms with van der Waals surface area (Å²) in [7, 11) is 0. The molecule has 0 radical (unpaired) electrons. The summed E-state index contributed by atoms with van der Waals surface area (Å²) in [5.41, 5.74) is 1.20. The molecule has 0 unspecified atom stereocenters. The maximum Gasteiger partial charge on any atom is 0.296 e. The van der Waals surface area contributed by atoms with Gasteiger partial charge in [-0.15, -0.1) is 10.2 Å². The van der Waals surface area contributed by atoms with Gasteiger partial charge < -0.3 is 14.4 Å². The lowest BCUT2D eigenvalue weighted by Gasteiger charge is -2.09. The van der Waals surface area contributed by atoms with Crippen LogP contribution in [0.1, 0.15) is 10.4 Å². The molecule has 0 aliphatic rings.